The maximum atomic E-state index is 12.6. The van der Waals surface area contributed by atoms with E-state index >= 15 is 0 Å². The van der Waals surface area contributed by atoms with Crippen molar-refractivity contribution in [1.29, 1.82) is 0 Å². The first kappa shape index (κ1) is 16.4. The number of para-hydroxylation sites is 1. The minimum absolute atomic E-state index is 0.332. The van der Waals surface area contributed by atoms with Crippen LogP contribution in [0.2, 0.25) is 10.0 Å². The molecule has 1 aromatic heterocycles. The van der Waals surface area contributed by atoms with Gasteiger partial charge < -0.3 is 14.6 Å². The Morgan fingerprint density at radius 1 is 1.04 bits per heavy atom. The Hall–Kier alpha value is -2.43. The third kappa shape index (κ3) is 3.25. The Labute approximate surface area is 149 Å². The molecule has 0 aliphatic heterocycles. The number of benzene rings is 2. The summed E-state index contributed by atoms with van der Waals surface area (Å²) in [6, 6.07) is 14.1. The Morgan fingerprint density at radius 3 is 2.42 bits per heavy atom. The quantitative estimate of drug-likeness (QED) is 0.707. The van der Waals surface area contributed by atoms with Crippen molar-refractivity contribution in [3.63, 3.8) is 0 Å². The van der Waals surface area contributed by atoms with E-state index in [0.717, 1.165) is 5.69 Å². The van der Waals surface area contributed by atoms with Crippen molar-refractivity contribution in [2.75, 3.05) is 12.4 Å². The molecule has 0 fully saturated rings. The average Bonchev–Trinajstić information content (AvgIpc) is 3.11. The van der Waals surface area contributed by atoms with Gasteiger partial charge >= 0.3 is 0 Å². The Morgan fingerprint density at radius 2 is 1.75 bits per heavy atom. The topological polar surface area (TPSA) is 43.3 Å². The van der Waals surface area contributed by atoms with Crippen molar-refractivity contribution in [2.24, 2.45) is 0 Å². The molecular formula is C18H14Cl2N2O2. The highest BCUT2D eigenvalue weighted by molar-refractivity contribution is 6.34. The number of anilines is 1. The second-order valence-corrected chi connectivity index (χ2v) is 5.84. The average molecular weight is 361 g/mol. The number of aromatic nitrogens is 1. The first-order chi connectivity index (χ1) is 11.6. The summed E-state index contributed by atoms with van der Waals surface area (Å²) in [6.45, 7) is 0. The second-order valence-electron chi connectivity index (χ2n) is 5.03. The number of ether oxygens (including phenoxy) is 1. The molecular weight excluding hydrogens is 347 g/mol. The van der Waals surface area contributed by atoms with Gasteiger partial charge in [-0.1, -0.05) is 35.3 Å². The van der Waals surface area contributed by atoms with Gasteiger partial charge in [-0.25, -0.2) is 0 Å². The van der Waals surface area contributed by atoms with Crippen LogP contribution in [0.15, 0.2) is 60.9 Å². The minimum Gasteiger partial charge on any atom is -0.496 e. The van der Waals surface area contributed by atoms with Crippen molar-refractivity contribution in [3.8, 4) is 11.4 Å². The largest absolute Gasteiger partial charge is 0.496 e. The number of rotatable bonds is 4. The molecule has 6 heteroatoms. The molecule has 4 nitrogen and oxygen atoms in total. The molecule has 0 unspecified atom stereocenters. The van der Waals surface area contributed by atoms with Crippen LogP contribution in [0.4, 0.5) is 5.69 Å². The van der Waals surface area contributed by atoms with Gasteiger partial charge in [-0.2, -0.15) is 0 Å². The lowest BCUT2D eigenvalue weighted by atomic mass is 10.1. The van der Waals surface area contributed by atoms with E-state index in [-0.39, 0.29) is 5.91 Å². The molecule has 24 heavy (non-hydrogen) atoms. The van der Waals surface area contributed by atoms with Crippen LogP contribution < -0.4 is 10.1 Å². The molecule has 1 heterocycles. The van der Waals surface area contributed by atoms with Crippen LogP contribution in [0.25, 0.3) is 5.69 Å². The SMILES string of the molecule is COc1cc(-n2cccc2)c(Cl)cc1C(=O)Nc1ccccc1Cl. The third-order valence-electron chi connectivity index (χ3n) is 3.52. The first-order valence-electron chi connectivity index (χ1n) is 7.17. The van der Waals surface area contributed by atoms with E-state index in [9.17, 15) is 4.79 Å². The summed E-state index contributed by atoms with van der Waals surface area (Å²) in [7, 11) is 1.51. The molecule has 0 radical (unpaired) electrons. The van der Waals surface area contributed by atoms with E-state index in [0.29, 0.717) is 27.0 Å². The molecule has 3 aromatic rings. The molecule has 0 saturated heterocycles. The van der Waals surface area contributed by atoms with Crippen LogP contribution in [0, 0.1) is 0 Å². The highest BCUT2D eigenvalue weighted by Crippen LogP contribution is 2.31. The number of nitrogens with zero attached hydrogens (tertiary/aromatic N) is 1. The van der Waals surface area contributed by atoms with Gasteiger partial charge in [0.25, 0.3) is 5.91 Å². The molecule has 0 spiro atoms. The summed E-state index contributed by atoms with van der Waals surface area (Å²) in [4.78, 5) is 12.6. The normalized spacial score (nSPS) is 10.5. The van der Waals surface area contributed by atoms with Gasteiger partial charge in [0.1, 0.15) is 5.75 Å². The lowest BCUT2D eigenvalue weighted by Gasteiger charge is -2.14. The summed E-state index contributed by atoms with van der Waals surface area (Å²) in [5.74, 6) is 0.0774. The minimum atomic E-state index is -0.346. The zero-order valence-electron chi connectivity index (χ0n) is 12.8. The molecule has 0 atom stereocenters. The van der Waals surface area contributed by atoms with Crippen molar-refractivity contribution in [3.05, 3.63) is 76.5 Å². The third-order valence-corrected chi connectivity index (χ3v) is 4.15. The van der Waals surface area contributed by atoms with Crippen molar-refractivity contribution in [2.45, 2.75) is 0 Å². The fourth-order valence-electron chi connectivity index (χ4n) is 2.33. The molecule has 2 aromatic carbocycles. The number of methoxy groups -OCH3 is 1. The van der Waals surface area contributed by atoms with Crippen molar-refractivity contribution in [1.82, 2.24) is 4.57 Å². The van der Waals surface area contributed by atoms with Gasteiger partial charge in [0.2, 0.25) is 0 Å². The van der Waals surface area contributed by atoms with Gasteiger partial charge in [-0.3, -0.25) is 4.79 Å². The highest BCUT2D eigenvalue weighted by atomic mass is 35.5. The number of halogens is 2. The van der Waals surface area contributed by atoms with Crippen LogP contribution in [0.3, 0.4) is 0 Å². The Balaban J connectivity index is 1.97. The zero-order chi connectivity index (χ0) is 17.1. The molecule has 0 aliphatic rings. The van der Waals surface area contributed by atoms with E-state index < -0.39 is 0 Å². The highest BCUT2D eigenvalue weighted by Gasteiger charge is 2.17. The summed E-state index contributed by atoms with van der Waals surface area (Å²) in [5, 5.41) is 3.67. The number of hydrogen-bond donors (Lipinski definition) is 1. The van der Waals surface area contributed by atoms with Crippen LogP contribution in [0.5, 0.6) is 5.75 Å². The smallest absolute Gasteiger partial charge is 0.259 e. The van der Waals surface area contributed by atoms with Crippen molar-refractivity contribution >= 4 is 34.8 Å². The summed E-state index contributed by atoms with van der Waals surface area (Å²) >= 11 is 12.4. The molecule has 122 valence electrons. The van der Waals surface area contributed by atoms with Gasteiger partial charge in [0.15, 0.2) is 0 Å². The number of amides is 1. The monoisotopic (exact) mass is 360 g/mol. The van der Waals surface area contributed by atoms with Crippen LogP contribution in [-0.2, 0) is 0 Å². The summed E-state index contributed by atoms with van der Waals surface area (Å²) in [6.07, 6.45) is 3.73. The van der Waals surface area contributed by atoms with Gasteiger partial charge in [0.05, 0.1) is 34.1 Å². The fraction of sp³-hybridized carbons (Fsp3) is 0.0556. The van der Waals surface area contributed by atoms with E-state index in [1.54, 1.807) is 36.4 Å². The molecule has 0 aliphatic carbocycles. The van der Waals surface area contributed by atoms with Crippen LogP contribution >= 0.6 is 23.2 Å². The molecule has 3 rings (SSSR count). The second kappa shape index (κ2) is 6.99. The van der Waals surface area contributed by atoms with E-state index in [4.69, 9.17) is 27.9 Å². The number of carbonyl (C=O) groups is 1. The van der Waals surface area contributed by atoms with E-state index in [1.165, 1.54) is 7.11 Å². The molecule has 0 saturated carbocycles. The molecule has 1 amide bonds. The predicted octanol–water partition coefficient (Wildman–Crippen LogP) is 5.05. The predicted molar refractivity (Wildman–Crippen MR) is 96.7 cm³/mol. The fourth-order valence-corrected chi connectivity index (χ4v) is 2.78. The first-order valence-corrected chi connectivity index (χ1v) is 7.92. The lowest BCUT2D eigenvalue weighted by Crippen LogP contribution is -2.14. The van der Waals surface area contributed by atoms with Crippen LogP contribution in [0.1, 0.15) is 10.4 Å². The number of nitrogens with one attached hydrogen (secondary N) is 1. The maximum absolute atomic E-state index is 12.6. The lowest BCUT2D eigenvalue weighted by molar-refractivity contribution is 0.102. The summed E-state index contributed by atoms with van der Waals surface area (Å²) < 4.78 is 7.21. The van der Waals surface area contributed by atoms with E-state index in [1.807, 2.05) is 29.1 Å². The van der Waals surface area contributed by atoms with Crippen molar-refractivity contribution < 1.29 is 9.53 Å². The van der Waals surface area contributed by atoms with E-state index in [2.05, 4.69) is 5.32 Å². The molecule has 0 bridgehead atoms. The molecule has 1 N–H and O–H groups in total. The number of hydrogen-bond acceptors (Lipinski definition) is 2. The van der Waals surface area contributed by atoms with Gasteiger partial charge in [0, 0.05) is 18.5 Å². The van der Waals surface area contributed by atoms with Gasteiger partial charge in [-0.05, 0) is 30.3 Å². The van der Waals surface area contributed by atoms with Gasteiger partial charge in [-0.15, -0.1) is 0 Å². The van der Waals surface area contributed by atoms with Crippen LogP contribution in [-0.4, -0.2) is 17.6 Å². The Bertz CT molecular complexity index is 877. The Kier molecular flexibility index (Phi) is 4.79. The number of carbonyl (C=O) groups excluding carboxylic acids is 1. The maximum Gasteiger partial charge on any atom is 0.259 e. The standard InChI is InChI=1S/C18H14Cl2N2O2/c1-24-17-11-16(22-8-4-5-9-22)14(20)10-12(17)18(23)21-15-7-3-2-6-13(15)19/h2-11H,1H3,(H,21,23). The zero-order valence-corrected chi connectivity index (χ0v) is 14.3. The summed E-state index contributed by atoms with van der Waals surface area (Å²) in [5.41, 5.74) is 1.59.